The number of carbonyl (C=O) groups is 2. The molecule has 1 saturated heterocycles. The third kappa shape index (κ3) is 4.89. The highest BCUT2D eigenvalue weighted by Gasteiger charge is 2.32. The van der Waals surface area contributed by atoms with Crippen molar-refractivity contribution in [2.45, 2.75) is 44.6 Å². The average Bonchev–Trinajstić information content (AvgIpc) is 2.56. The van der Waals surface area contributed by atoms with Gasteiger partial charge in [-0.2, -0.15) is 0 Å². The van der Waals surface area contributed by atoms with Crippen LogP contribution in [-0.2, 0) is 18.8 Å². The maximum Gasteiger partial charge on any atom is 0.317 e. The maximum absolute atomic E-state index is 11.1. The molecule has 0 N–H and O–H groups in total. The van der Waals surface area contributed by atoms with Crippen LogP contribution in [0.1, 0.15) is 38.5 Å². The number of hydrogen-bond donors (Lipinski definition) is 0. The Bertz CT molecular complexity index is 242. The van der Waals surface area contributed by atoms with Crippen molar-refractivity contribution in [2.24, 2.45) is 5.92 Å². The minimum absolute atomic E-state index is 0.166. The fraction of sp³-hybridized carbons (Fsp3) is 0.818. The maximum atomic E-state index is 11.1. The van der Waals surface area contributed by atoms with Crippen molar-refractivity contribution in [3.05, 3.63) is 0 Å². The molecule has 1 fully saturated rings. The third-order valence-corrected chi connectivity index (χ3v) is 4.06. The minimum Gasteiger partial charge on any atom is -0.427 e. The summed E-state index contributed by atoms with van der Waals surface area (Å²) < 4.78 is 9.59. The molecule has 0 radical (unpaired) electrons. The summed E-state index contributed by atoms with van der Waals surface area (Å²) >= 11 is 0. The molecule has 92 valence electrons. The normalized spacial score (nSPS) is 20.9. The van der Waals surface area contributed by atoms with Crippen LogP contribution in [0.5, 0.6) is 0 Å². The summed E-state index contributed by atoms with van der Waals surface area (Å²) in [7, 11) is 1.51. The van der Waals surface area contributed by atoms with Crippen molar-refractivity contribution in [3.8, 4) is 0 Å². The molecule has 0 amide bonds. The summed E-state index contributed by atoms with van der Waals surface area (Å²) in [5, 5.41) is 0. The largest absolute Gasteiger partial charge is 0.427 e. The number of ether oxygens (including phenoxy) is 1. The average molecular weight is 244 g/mol. The molecule has 1 atom stereocenters. The van der Waals surface area contributed by atoms with E-state index in [1.807, 2.05) is 0 Å². The van der Waals surface area contributed by atoms with Crippen molar-refractivity contribution in [1.29, 1.82) is 0 Å². The summed E-state index contributed by atoms with van der Waals surface area (Å²) in [6.45, 7) is 0. The Hall–Kier alpha value is -0.683. The molecule has 5 heteroatoms. The van der Waals surface area contributed by atoms with Gasteiger partial charge in [-0.1, -0.05) is 25.7 Å². The van der Waals surface area contributed by atoms with Crippen molar-refractivity contribution in [3.63, 3.8) is 0 Å². The zero-order chi connectivity index (χ0) is 11.8. The number of hydrogen-bond acceptors (Lipinski definition) is 4. The Labute approximate surface area is 98.6 Å². The van der Waals surface area contributed by atoms with E-state index in [1.54, 1.807) is 7.11 Å². The van der Waals surface area contributed by atoms with Gasteiger partial charge in [0.05, 0.1) is 12.3 Å². The second kappa shape index (κ2) is 7.57. The van der Waals surface area contributed by atoms with E-state index in [-0.39, 0.29) is 34.0 Å². The van der Waals surface area contributed by atoms with Gasteiger partial charge in [0.25, 0.3) is 0 Å². The van der Waals surface area contributed by atoms with E-state index in [0.29, 0.717) is 0 Å². The molecule has 0 aliphatic carbocycles. The zero-order valence-corrected chi connectivity index (χ0v) is 11.3. The molecule has 0 aromatic carbocycles. The fourth-order valence-corrected chi connectivity index (χ4v) is 2.76. The molecule has 0 aromatic heterocycles. The number of cyclic esters (lactones) is 2. The molecule has 0 bridgehead atoms. The van der Waals surface area contributed by atoms with Gasteiger partial charge in [0.2, 0.25) is 0 Å². The first-order valence-corrected chi connectivity index (χ1v) is 7.55. The number of esters is 2. The topological polar surface area (TPSA) is 52.6 Å². The van der Waals surface area contributed by atoms with Crippen LogP contribution in [0.15, 0.2) is 0 Å². The van der Waals surface area contributed by atoms with Gasteiger partial charge in [-0.05, 0) is 12.5 Å². The number of unbranched alkanes of at least 4 members (excludes halogenated alkanes) is 3. The molecule has 0 saturated carbocycles. The Morgan fingerprint density at radius 3 is 2.69 bits per heavy atom. The van der Waals surface area contributed by atoms with E-state index in [9.17, 15) is 9.59 Å². The second-order valence-corrected chi connectivity index (χ2v) is 5.94. The van der Waals surface area contributed by atoms with Crippen LogP contribution in [0.2, 0.25) is 6.04 Å². The summed E-state index contributed by atoms with van der Waals surface area (Å²) in [4.78, 5) is 22.0. The molecule has 16 heavy (non-hydrogen) atoms. The molecule has 1 aliphatic rings. The van der Waals surface area contributed by atoms with Gasteiger partial charge in [-0.15, -0.1) is 0 Å². The lowest BCUT2D eigenvalue weighted by Crippen LogP contribution is -2.07. The van der Waals surface area contributed by atoms with Crippen LogP contribution >= 0.6 is 0 Å². The highest BCUT2D eigenvalue weighted by Crippen LogP contribution is 2.22. The Kier molecular flexibility index (Phi) is 6.33. The molecule has 1 heterocycles. The van der Waals surface area contributed by atoms with Crippen LogP contribution < -0.4 is 0 Å². The molecule has 0 spiro atoms. The van der Waals surface area contributed by atoms with Gasteiger partial charge in [0.15, 0.2) is 9.76 Å². The zero-order valence-electron chi connectivity index (χ0n) is 9.87. The lowest BCUT2D eigenvalue weighted by Gasteiger charge is -2.04. The summed E-state index contributed by atoms with van der Waals surface area (Å²) in [6.07, 6.45) is 5.67. The number of carbonyl (C=O) groups excluding carboxylic acids is 2. The molecule has 1 aliphatic heterocycles. The van der Waals surface area contributed by atoms with E-state index >= 15 is 0 Å². The standard InChI is InChI=1S/C11H20O4Si/c1-14-16-7-5-3-2-4-6-9-8-10(12)15-11(9)13/h9H,2-8,16H2,1H3. The molecule has 0 aromatic rings. The lowest BCUT2D eigenvalue weighted by molar-refractivity contribution is -0.153. The minimum atomic E-state index is -0.360. The van der Waals surface area contributed by atoms with Crippen LogP contribution in [0.25, 0.3) is 0 Å². The van der Waals surface area contributed by atoms with E-state index in [1.165, 1.54) is 18.9 Å². The second-order valence-electron chi connectivity index (χ2n) is 4.24. The van der Waals surface area contributed by atoms with Crippen molar-refractivity contribution in [2.75, 3.05) is 7.11 Å². The van der Waals surface area contributed by atoms with Crippen molar-refractivity contribution < 1.29 is 18.8 Å². The van der Waals surface area contributed by atoms with Gasteiger partial charge < -0.3 is 9.16 Å². The quantitative estimate of drug-likeness (QED) is 0.278. The van der Waals surface area contributed by atoms with E-state index in [2.05, 4.69) is 4.74 Å². The van der Waals surface area contributed by atoms with Gasteiger partial charge in [-0.25, -0.2) is 0 Å². The molecular weight excluding hydrogens is 224 g/mol. The number of rotatable bonds is 8. The van der Waals surface area contributed by atoms with Gasteiger partial charge >= 0.3 is 11.9 Å². The summed E-state index contributed by atoms with van der Waals surface area (Å²) in [5.74, 6) is -0.848. The monoisotopic (exact) mass is 244 g/mol. The lowest BCUT2D eigenvalue weighted by atomic mass is 9.99. The van der Waals surface area contributed by atoms with E-state index < -0.39 is 0 Å². The third-order valence-electron chi connectivity index (χ3n) is 2.86. The first-order chi connectivity index (χ1) is 7.74. The van der Waals surface area contributed by atoms with Crippen LogP contribution in [0.4, 0.5) is 0 Å². The molecule has 1 rings (SSSR count). The SMILES string of the molecule is CO[SiH2]CCCCCCC1CC(=O)OC1=O. The van der Waals surface area contributed by atoms with E-state index in [0.717, 1.165) is 19.3 Å². The summed E-state index contributed by atoms with van der Waals surface area (Å²) in [5.41, 5.74) is 0. The van der Waals surface area contributed by atoms with Crippen LogP contribution in [-0.4, -0.2) is 28.8 Å². The van der Waals surface area contributed by atoms with Gasteiger partial charge in [0, 0.05) is 7.11 Å². The predicted molar refractivity (Wildman–Crippen MR) is 62.7 cm³/mol. The smallest absolute Gasteiger partial charge is 0.317 e. The first-order valence-electron chi connectivity index (χ1n) is 5.97. The Morgan fingerprint density at radius 1 is 1.31 bits per heavy atom. The summed E-state index contributed by atoms with van der Waals surface area (Å²) in [6, 6.07) is 1.24. The predicted octanol–water partition coefficient (Wildman–Crippen LogP) is 1.18. The van der Waals surface area contributed by atoms with E-state index in [4.69, 9.17) is 4.43 Å². The van der Waals surface area contributed by atoms with Crippen molar-refractivity contribution in [1.82, 2.24) is 0 Å². The molecular formula is C11H20O4Si. The first kappa shape index (κ1) is 13.4. The highest BCUT2D eigenvalue weighted by atomic mass is 28.2. The van der Waals surface area contributed by atoms with Crippen LogP contribution in [0, 0.1) is 5.92 Å². The highest BCUT2D eigenvalue weighted by molar-refractivity contribution is 6.26. The Balaban J connectivity index is 1.95. The fourth-order valence-electron chi connectivity index (χ4n) is 1.91. The Morgan fingerprint density at radius 2 is 2.06 bits per heavy atom. The van der Waals surface area contributed by atoms with Crippen molar-refractivity contribution >= 4 is 21.7 Å². The molecule has 1 unspecified atom stereocenters. The van der Waals surface area contributed by atoms with Gasteiger partial charge in [-0.3, -0.25) is 9.59 Å². The molecule has 4 nitrogen and oxygen atoms in total. The van der Waals surface area contributed by atoms with Crippen LogP contribution in [0.3, 0.4) is 0 Å². The van der Waals surface area contributed by atoms with Gasteiger partial charge in [0.1, 0.15) is 0 Å².